The molecule has 3 aromatic rings. The molecule has 1 N–H and O–H groups in total. The maximum atomic E-state index is 13.3. The number of carbonyl (C=O) groups excluding carboxylic acids is 2. The Bertz CT molecular complexity index is 999. The molecule has 0 unspecified atom stereocenters. The summed E-state index contributed by atoms with van der Waals surface area (Å²) in [6, 6.07) is 10.6. The molecule has 0 fully saturated rings. The molecular formula is C20H16I2O5. The fourth-order valence-electron chi connectivity index (χ4n) is 2.81. The minimum absolute atomic E-state index is 0.137. The van der Waals surface area contributed by atoms with Crippen LogP contribution in [0.1, 0.15) is 35.0 Å². The summed E-state index contributed by atoms with van der Waals surface area (Å²) in [6.07, 6.45) is 0.416. The van der Waals surface area contributed by atoms with E-state index in [1.165, 1.54) is 0 Å². The molecule has 0 saturated heterocycles. The summed E-state index contributed by atoms with van der Waals surface area (Å²) in [5.41, 5.74) is 1.51. The van der Waals surface area contributed by atoms with Crippen molar-refractivity contribution in [2.75, 3.05) is 6.61 Å². The Morgan fingerprint density at radius 2 is 1.81 bits per heavy atom. The van der Waals surface area contributed by atoms with Crippen LogP contribution in [0.15, 0.2) is 40.8 Å². The molecule has 1 heterocycles. The first kappa shape index (κ1) is 20.1. The summed E-state index contributed by atoms with van der Waals surface area (Å²) in [4.78, 5) is 25.0. The number of ketones is 1. The Kier molecular flexibility index (Phi) is 6.40. The highest BCUT2D eigenvalue weighted by Crippen LogP contribution is 2.32. The third-order valence-corrected chi connectivity index (χ3v) is 5.68. The lowest BCUT2D eigenvalue weighted by atomic mass is 9.98. The molecule has 0 aliphatic heterocycles. The number of fused-ring (bicyclic) bond motifs is 1. The van der Waals surface area contributed by atoms with Gasteiger partial charge in [-0.2, -0.15) is 0 Å². The van der Waals surface area contributed by atoms with Crippen LogP contribution in [0.4, 0.5) is 0 Å². The van der Waals surface area contributed by atoms with Gasteiger partial charge in [0.2, 0.25) is 0 Å². The normalized spacial score (nSPS) is 10.9. The number of benzene rings is 2. The van der Waals surface area contributed by atoms with Crippen LogP contribution in [0, 0.1) is 7.14 Å². The van der Waals surface area contributed by atoms with Crippen LogP contribution >= 0.6 is 45.2 Å². The van der Waals surface area contributed by atoms with Gasteiger partial charge in [-0.05, 0) is 70.3 Å². The first-order valence-corrected chi connectivity index (χ1v) is 10.5. The molecule has 0 aliphatic rings. The predicted octanol–water partition coefficient (Wildman–Crippen LogP) is 5.07. The van der Waals surface area contributed by atoms with Gasteiger partial charge < -0.3 is 14.3 Å². The van der Waals surface area contributed by atoms with Gasteiger partial charge in [-0.15, -0.1) is 0 Å². The molecule has 140 valence electrons. The molecule has 3 rings (SSSR count). The van der Waals surface area contributed by atoms with Gasteiger partial charge in [0.05, 0.1) is 25.7 Å². The number of rotatable bonds is 6. The Morgan fingerprint density at radius 1 is 1.15 bits per heavy atom. The number of phenolic OH excluding ortho intramolecular Hbond substituents is 1. The van der Waals surface area contributed by atoms with Gasteiger partial charge in [-0.3, -0.25) is 9.59 Å². The number of furan rings is 1. The van der Waals surface area contributed by atoms with Crippen LogP contribution in [-0.2, 0) is 16.0 Å². The molecule has 0 aliphatic carbocycles. The maximum absolute atomic E-state index is 13.3. The summed E-state index contributed by atoms with van der Waals surface area (Å²) in [5, 5.41) is 10.7. The standard InChI is InChI=1S/C20H16I2O5/c1-2-26-17(23)8-7-16-18(12-5-3-4-6-15(12)27-16)19(24)11-9-13(21)20(25)14(22)10-11/h3-6,9-10,25H,2,7-8H2,1H3. The lowest BCUT2D eigenvalue weighted by molar-refractivity contribution is -0.143. The summed E-state index contributed by atoms with van der Waals surface area (Å²) in [6.45, 7) is 2.07. The Morgan fingerprint density at radius 3 is 2.48 bits per heavy atom. The van der Waals surface area contributed by atoms with Crippen LogP contribution in [0.25, 0.3) is 11.0 Å². The highest BCUT2D eigenvalue weighted by Gasteiger charge is 2.23. The fourth-order valence-corrected chi connectivity index (χ4v) is 4.58. The lowest BCUT2D eigenvalue weighted by Crippen LogP contribution is -2.08. The van der Waals surface area contributed by atoms with Crippen molar-refractivity contribution in [2.24, 2.45) is 0 Å². The number of hydrogen-bond donors (Lipinski definition) is 1. The average molecular weight is 590 g/mol. The summed E-state index contributed by atoms with van der Waals surface area (Å²) < 4.78 is 12.0. The van der Waals surface area contributed by atoms with Crippen LogP contribution < -0.4 is 0 Å². The largest absolute Gasteiger partial charge is 0.506 e. The van der Waals surface area contributed by atoms with Gasteiger partial charge in [-0.1, -0.05) is 18.2 Å². The van der Waals surface area contributed by atoms with Gasteiger partial charge in [0.15, 0.2) is 5.78 Å². The topological polar surface area (TPSA) is 76.7 Å². The molecule has 7 heteroatoms. The second-order valence-electron chi connectivity index (χ2n) is 5.82. The summed E-state index contributed by atoms with van der Waals surface area (Å²) >= 11 is 3.99. The molecule has 0 amide bonds. The van der Waals surface area contributed by atoms with Crippen LogP contribution in [0.2, 0.25) is 0 Å². The smallest absolute Gasteiger partial charge is 0.306 e. The van der Waals surface area contributed by atoms with Crippen molar-refractivity contribution < 1.29 is 23.8 Å². The van der Waals surface area contributed by atoms with Crippen LogP contribution in [-0.4, -0.2) is 23.5 Å². The minimum Gasteiger partial charge on any atom is -0.506 e. The molecule has 0 saturated carbocycles. The number of hydrogen-bond acceptors (Lipinski definition) is 5. The number of halogens is 2. The fraction of sp³-hybridized carbons (Fsp3) is 0.200. The zero-order chi connectivity index (χ0) is 19.6. The van der Waals surface area contributed by atoms with Gasteiger partial charge in [-0.25, -0.2) is 0 Å². The van der Waals surface area contributed by atoms with Gasteiger partial charge in [0.25, 0.3) is 0 Å². The Hall–Kier alpha value is -1.62. The van der Waals surface area contributed by atoms with Crippen molar-refractivity contribution in [1.82, 2.24) is 0 Å². The van der Waals surface area contributed by atoms with E-state index in [4.69, 9.17) is 9.15 Å². The summed E-state index contributed by atoms with van der Waals surface area (Å²) in [7, 11) is 0. The van der Waals surface area contributed by atoms with Crippen molar-refractivity contribution in [3.05, 3.63) is 60.4 Å². The molecule has 0 atom stereocenters. The van der Waals surface area contributed by atoms with E-state index in [9.17, 15) is 14.7 Å². The second kappa shape index (κ2) is 8.59. The van der Waals surface area contributed by atoms with Gasteiger partial charge >= 0.3 is 5.97 Å². The molecule has 5 nitrogen and oxygen atoms in total. The monoisotopic (exact) mass is 590 g/mol. The van der Waals surface area contributed by atoms with Crippen molar-refractivity contribution in [2.45, 2.75) is 19.8 Å². The van der Waals surface area contributed by atoms with E-state index in [1.54, 1.807) is 25.1 Å². The van der Waals surface area contributed by atoms with Crippen LogP contribution in [0.5, 0.6) is 5.75 Å². The van der Waals surface area contributed by atoms with E-state index in [0.29, 0.717) is 41.6 Å². The quantitative estimate of drug-likeness (QED) is 0.247. The van der Waals surface area contributed by atoms with Crippen molar-refractivity contribution in [3.63, 3.8) is 0 Å². The van der Waals surface area contributed by atoms with E-state index in [-0.39, 0.29) is 30.3 Å². The van der Waals surface area contributed by atoms with Crippen LogP contribution in [0.3, 0.4) is 0 Å². The molecule has 1 aromatic heterocycles. The van der Waals surface area contributed by atoms with Gasteiger partial charge in [0.1, 0.15) is 17.1 Å². The number of ether oxygens (including phenoxy) is 1. The first-order valence-electron chi connectivity index (χ1n) is 8.31. The van der Waals surface area contributed by atoms with Gasteiger partial charge in [0, 0.05) is 17.4 Å². The van der Waals surface area contributed by atoms with E-state index >= 15 is 0 Å². The molecule has 0 bridgehead atoms. The Balaban J connectivity index is 2.05. The van der Waals surface area contributed by atoms with Crippen molar-refractivity contribution in [1.29, 1.82) is 0 Å². The maximum Gasteiger partial charge on any atom is 0.306 e. The zero-order valence-corrected chi connectivity index (χ0v) is 18.7. The van der Waals surface area contributed by atoms with E-state index in [2.05, 4.69) is 0 Å². The SMILES string of the molecule is CCOC(=O)CCc1oc2ccccc2c1C(=O)c1cc(I)c(O)c(I)c1. The number of aryl methyl sites for hydroxylation is 1. The number of phenols is 1. The molecule has 2 aromatic carbocycles. The second-order valence-corrected chi connectivity index (χ2v) is 8.14. The highest BCUT2D eigenvalue weighted by molar-refractivity contribution is 14.1. The van der Waals surface area contributed by atoms with E-state index in [1.807, 2.05) is 63.4 Å². The van der Waals surface area contributed by atoms with E-state index in [0.717, 1.165) is 0 Å². The number of esters is 1. The molecule has 0 radical (unpaired) electrons. The third kappa shape index (κ3) is 4.29. The highest BCUT2D eigenvalue weighted by atomic mass is 127. The first-order chi connectivity index (χ1) is 12.9. The predicted molar refractivity (Wildman–Crippen MR) is 118 cm³/mol. The van der Waals surface area contributed by atoms with Crippen molar-refractivity contribution in [3.8, 4) is 5.75 Å². The minimum atomic E-state index is -0.329. The number of para-hydroxylation sites is 1. The summed E-state index contributed by atoms with van der Waals surface area (Å²) in [5.74, 6) is 0.0967. The lowest BCUT2D eigenvalue weighted by Gasteiger charge is -2.07. The number of carbonyl (C=O) groups is 2. The number of aromatic hydroxyl groups is 1. The Labute approximate surface area is 183 Å². The zero-order valence-electron chi connectivity index (χ0n) is 14.4. The molecular weight excluding hydrogens is 574 g/mol. The van der Waals surface area contributed by atoms with E-state index < -0.39 is 0 Å². The molecule has 27 heavy (non-hydrogen) atoms. The van der Waals surface area contributed by atoms with Crippen molar-refractivity contribution >= 4 is 67.9 Å². The average Bonchev–Trinajstić information content (AvgIpc) is 3.02. The molecule has 0 spiro atoms. The third-order valence-electron chi connectivity index (χ3n) is 4.04.